The quantitative estimate of drug-likeness (QED) is 0.294. The number of ether oxygens (including phenoxy) is 1. The number of carbonyl (C=O) groups is 3. The van der Waals surface area contributed by atoms with Gasteiger partial charge in [-0.3, -0.25) is 19.1 Å². The van der Waals surface area contributed by atoms with Crippen LogP contribution in [0.25, 0.3) is 22.0 Å². The second-order valence-electron chi connectivity index (χ2n) is 13.4. The Hall–Kier alpha value is -3.96. The fourth-order valence-corrected chi connectivity index (χ4v) is 7.12. The molecule has 0 atom stereocenters. The molecule has 240 valence electrons. The van der Waals surface area contributed by atoms with E-state index in [2.05, 4.69) is 34.7 Å². The van der Waals surface area contributed by atoms with Gasteiger partial charge in [0, 0.05) is 67.0 Å². The Morgan fingerprint density at radius 2 is 1.76 bits per heavy atom. The van der Waals surface area contributed by atoms with Crippen molar-refractivity contribution in [1.82, 2.24) is 20.1 Å². The SMILES string of the molecule is CC1(C)CC(=O)n2c(c(-c3ccc(C(N)=O)c(N[C@H]4CC[C@H](NC(=O)NCCN5CCOCC5)CC4)c3)c3ccc(F)cc32)C1. The lowest BCUT2D eigenvalue weighted by molar-refractivity contribution is 0.0387. The maximum absolute atomic E-state index is 14.4. The summed E-state index contributed by atoms with van der Waals surface area (Å²) in [5, 5.41) is 10.4. The van der Waals surface area contributed by atoms with Crippen LogP contribution in [0.5, 0.6) is 0 Å². The lowest BCUT2D eigenvalue weighted by atomic mass is 9.80. The van der Waals surface area contributed by atoms with Gasteiger partial charge in [-0.25, -0.2) is 9.18 Å². The second kappa shape index (κ2) is 12.8. The van der Waals surface area contributed by atoms with Crippen LogP contribution >= 0.6 is 0 Å². The van der Waals surface area contributed by atoms with Gasteiger partial charge in [0.1, 0.15) is 5.82 Å². The molecule has 0 unspecified atom stereocenters. The normalized spacial score (nSPS) is 21.7. The molecule has 5 N–H and O–H groups in total. The van der Waals surface area contributed by atoms with Gasteiger partial charge in [-0.15, -0.1) is 0 Å². The number of benzene rings is 2. The van der Waals surface area contributed by atoms with Gasteiger partial charge in [0.2, 0.25) is 5.91 Å². The highest BCUT2D eigenvalue weighted by molar-refractivity contribution is 6.06. The van der Waals surface area contributed by atoms with Gasteiger partial charge in [0.25, 0.3) is 5.91 Å². The highest BCUT2D eigenvalue weighted by atomic mass is 19.1. The van der Waals surface area contributed by atoms with Gasteiger partial charge >= 0.3 is 6.03 Å². The number of rotatable bonds is 8. The Bertz CT molecular complexity index is 1600. The summed E-state index contributed by atoms with van der Waals surface area (Å²) in [5.74, 6) is -0.976. The van der Waals surface area contributed by atoms with Crippen molar-refractivity contribution in [2.75, 3.05) is 44.7 Å². The maximum Gasteiger partial charge on any atom is 0.315 e. The number of aromatic nitrogens is 1. The lowest BCUT2D eigenvalue weighted by Crippen LogP contribution is -2.47. The summed E-state index contributed by atoms with van der Waals surface area (Å²) in [5.41, 5.74) is 9.69. The first-order valence-electron chi connectivity index (χ1n) is 16.0. The number of nitrogens with zero attached hydrogens (tertiary/aromatic N) is 2. The van der Waals surface area contributed by atoms with E-state index in [9.17, 15) is 18.8 Å². The first-order chi connectivity index (χ1) is 21.6. The molecule has 2 fully saturated rings. The summed E-state index contributed by atoms with van der Waals surface area (Å²) in [7, 11) is 0. The van der Waals surface area contributed by atoms with E-state index in [1.165, 1.54) is 12.1 Å². The number of primary amides is 1. The van der Waals surface area contributed by atoms with Crippen molar-refractivity contribution in [3.8, 4) is 11.1 Å². The van der Waals surface area contributed by atoms with E-state index in [-0.39, 0.29) is 29.4 Å². The summed E-state index contributed by atoms with van der Waals surface area (Å²) in [6.45, 7) is 8.80. The number of halogens is 1. The topological polar surface area (TPSA) is 131 Å². The molecule has 3 amide bonds. The number of carbonyl (C=O) groups excluding carboxylic acids is 3. The number of urea groups is 1. The molecule has 45 heavy (non-hydrogen) atoms. The average Bonchev–Trinajstić information content (AvgIpc) is 3.30. The number of morpholine rings is 1. The van der Waals surface area contributed by atoms with Gasteiger partial charge in [0.05, 0.1) is 24.3 Å². The maximum atomic E-state index is 14.4. The first-order valence-corrected chi connectivity index (χ1v) is 16.0. The highest BCUT2D eigenvalue weighted by Crippen LogP contribution is 2.43. The molecule has 3 aromatic rings. The van der Waals surface area contributed by atoms with Gasteiger partial charge < -0.3 is 26.4 Å². The van der Waals surface area contributed by atoms with E-state index in [4.69, 9.17) is 10.5 Å². The zero-order valence-electron chi connectivity index (χ0n) is 26.1. The van der Waals surface area contributed by atoms with Crippen LogP contribution in [0.2, 0.25) is 0 Å². The van der Waals surface area contributed by atoms with E-state index >= 15 is 0 Å². The third kappa shape index (κ3) is 6.84. The van der Waals surface area contributed by atoms with Gasteiger partial charge in [0.15, 0.2) is 0 Å². The Morgan fingerprint density at radius 1 is 1.02 bits per heavy atom. The van der Waals surface area contributed by atoms with Gasteiger partial charge in [-0.1, -0.05) is 19.9 Å². The van der Waals surface area contributed by atoms with Crippen LogP contribution < -0.4 is 21.7 Å². The Balaban J connectivity index is 1.16. The molecule has 1 aromatic heterocycles. The number of nitrogens with two attached hydrogens (primary N) is 1. The Labute approximate surface area is 262 Å². The van der Waals surface area contributed by atoms with Crippen LogP contribution in [0, 0.1) is 11.2 Å². The number of hydrogen-bond donors (Lipinski definition) is 4. The van der Waals surface area contributed by atoms with Crippen molar-refractivity contribution in [2.24, 2.45) is 11.1 Å². The zero-order chi connectivity index (χ0) is 31.7. The fourth-order valence-electron chi connectivity index (χ4n) is 7.12. The Morgan fingerprint density at radius 3 is 2.49 bits per heavy atom. The van der Waals surface area contributed by atoms with E-state index in [1.54, 1.807) is 16.7 Å². The number of fused-ring (bicyclic) bond motifs is 3. The molecule has 3 aliphatic rings. The second-order valence-corrected chi connectivity index (χ2v) is 13.4. The molecule has 0 spiro atoms. The molecular formula is C34H43FN6O4. The van der Waals surface area contributed by atoms with E-state index in [0.29, 0.717) is 36.2 Å². The third-order valence-electron chi connectivity index (χ3n) is 9.37. The van der Waals surface area contributed by atoms with Crippen molar-refractivity contribution < 1.29 is 23.5 Å². The predicted octanol–water partition coefficient (Wildman–Crippen LogP) is 4.51. The molecule has 1 saturated heterocycles. The van der Waals surface area contributed by atoms with Crippen molar-refractivity contribution in [3.05, 3.63) is 53.5 Å². The average molecular weight is 619 g/mol. The molecule has 11 heteroatoms. The number of amides is 3. The fraction of sp³-hybridized carbons (Fsp3) is 0.500. The van der Waals surface area contributed by atoms with Crippen LogP contribution in [0.15, 0.2) is 36.4 Å². The van der Waals surface area contributed by atoms with Crippen molar-refractivity contribution in [2.45, 2.75) is 64.5 Å². The van der Waals surface area contributed by atoms with Crippen LogP contribution in [0.4, 0.5) is 14.9 Å². The van der Waals surface area contributed by atoms with E-state index in [1.807, 2.05) is 12.1 Å². The molecule has 2 aromatic carbocycles. The minimum Gasteiger partial charge on any atom is -0.382 e. The zero-order valence-corrected chi connectivity index (χ0v) is 26.1. The minimum atomic E-state index is -0.532. The molecule has 1 saturated carbocycles. The number of nitrogens with one attached hydrogen (secondary N) is 3. The third-order valence-corrected chi connectivity index (χ3v) is 9.37. The summed E-state index contributed by atoms with van der Waals surface area (Å²) >= 11 is 0. The number of anilines is 1. The molecule has 2 aliphatic heterocycles. The molecule has 6 rings (SSSR count). The van der Waals surface area contributed by atoms with Gasteiger partial charge in [-0.05, 0) is 73.4 Å². The monoisotopic (exact) mass is 618 g/mol. The van der Waals surface area contributed by atoms with Crippen LogP contribution in [0.1, 0.15) is 66.8 Å². The summed E-state index contributed by atoms with van der Waals surface area (Å²) in [6, 6.07) is 10.1. The van der Waals surface area contributed by atoms with Crippen LogP contribution in [-0.2, 0) is 11.2 Å². The van der Waals surface area contributed by atoms with E-state index < -0.39 is 11.7 Å². The molecule has 10 nitrogen and oxygen atoms in total. The van der Waals surface area contributed by atoms with Crippen LogP contribution in [-0.4, -0.2) is 78.8 Å². The summed E-state index contributed by atoms with van der Waals surface area (Å²) in [4.78, 5) is 40.5. The largest absolute Gasteiger partial charge is 0.382 e. The lowest BCUT2D eigenvalue weighted by Gasteiger charge is -2.31. The molecule has 0 bridgehead atoms. The van der Waals surface area contributed by atoms with Gasteiger partial charge in [-0.2, -0.15) is 0 Å². The standard InChI is InChI=1S/C34H43FN6O4/c1-34(2)19-29-31(26-10-4-22(35)18-28(26)41(29)30(42)20-34)21-3-9-25(32(36)43)27(17-21)38-23-5-7-24(8-6-23)39-33(44)37-11-12-40-13-15-45-16-14-40/h3-4,9-10,17-18,23-24,38H,5-8,11-16,19-20H2,1-2H3,(H2,36,43)(H2,37,39,44)/t23-,24-. The molecule has 3 heterocycles. The smallest absolute Gasteiger partial charge is 0.315 e. The van der Waals surface area contributed by atoms with Crippen molar-refractivity contribution in [3.63, 3.8) is 0 Å². The van der Waals surface area contributed by atoms with Crippen LogP contribution in [0.3, 0.4) is 0 Å². The summed E-state index contributed by atoms with van der Waals surface area (Å²) in [6.07, 6.45) is 4.27. The number of hydrogen-bond acceptors (Lipinski definition) is 6. The Kier molecular flexibility index (Phi) is 8.83. The first kappa shape index (κ1) is 31.0. The molecular weight excluding hydrogens is 575 g/mol. The molecule has 1 aliphatic carbocycles. The van der Waals surface area contributed by atoms with E-state index in [0.717, 1.165) is 80.7 Å². The van der Waals surface area contributed by atoms with Crippen molar-refractivity contribution in [1.29, 1.82) is 0 Å². The van der Waals surface area contributed by atoms with Crippen molar-refractivity contribution >= 4 is 34.4 Å². The predicted molar refractivity (Wildman–Crippen MR) is 172 cm³/mol. The molecule has 0 radical (unpaired) electrons. The minimum absolute atomic E-state index is 0.0497. The highest BCUT2D eigenvalue weighted by Gasteiger charge is 2.35. The summed E-state index contributed by atoms with van der Waals surface area (Å²) < 4.78 is 21.4.